The van der Waals surface area contributed by atoms with Gasteiger partial charge in [0.25, 0.3) is 0 Å². The van der Waals surface area contributed by atoms with Gasteiger partial charge in [-0.25, -0.2) is 14.5 Å². The van der Waals surface area contributed by atoms with Crippen molar-refractivity contribution in [2.45, 2.75) is 26.8 Å². The Hall–Kier alpha value is -1.39. The minimum absolute atomic E-state index is 0.285. The Bertz CT molecular complexity index is 295. The van der Waals surface area contributed by atoms with Crippen molar-refractivity contribution >= 4 is 5.97 Å². The quantitative estimate of drug-likeness (QED) is 0.647. The van der Waals surface area contributed by atoms with Gasteiger partial charge in [-0.05, 0) is 20.8 Å². The molecule has 0 bridgehead atoms. The second kappa shape index (κ2) is 4.02. The maximum Gasteiger partial charge on any atom is 0.330 e. The highest BCUT2D eigenvalue weighted by Gasteiger charge is 2.16. The lowest BCUT2D eigenvalue weighted by Gasteiger charge is -2.09. The molecular weight excluding hydrogens is 170 g/mol. The van der Waals surface area contributed by atoms with Crippen LogP contribution in [0.4, 0.5) is 0 Å². The van der Waals surface area contributed by atoms with E-state index >= 15 is 0 Å². The van der Waals surface area contributed by atoms with Gasteiger partial charge in [-0.2, -0.15) is 5.10 Å². The molecule has 5 nitrogen and oxygen atoms in total. The number of carbonyl (C=O) groups is 1. The van der Waals surface area contributed by atoms with Crippen LogP contribution in [0, 0.1) is 6.92 Å². The summed E-state index contributed by atoms with van der Waals surface area (Å²) < 4.78 is 6.33. The molecule has 1 aromatic rings. The molecule has 0 N–H and O–H groups in total. The van der Waals surface area contributed by atoms with E-state index in [1.54, 1.807) is 20.8 Å². The minimum Gasteiger partial charge on any atom is -0.464 e. The van der Waals surface area contributed by atoms with Gasteiger partial charge < -0.3 is 4.74 Å². The lowest BCUT2D eigenvalue weighted by atomic mass is 10.3. The summed E-state index contributed by atoms with van der Waals surface area (Å²) in [6, 6.07) is -0.402. The molecule has 1 atom stereocenters. The summed E-state index contributed by atoms with van der Waals surface area (Å²) in [7, 11) is 0. The van der Waals surface area contributed by atoms with Gasteiger partial charge >= 0.3 is 5.97 Å². The highest BCUT2D eigenvalue weighted by atomic mass is 16.5. The molecule has 0 aromatic carbocycles. The van der Waals surface area contributed by atoms with Crippen LogP contribution in [0.3, 0.4) is 0 Å². The van der Waals surface area contributed by atoms with Gasteiger partial charge in [0.05, 0.1) is 6.61 Å². The van der Waals surface area contributed by atoms with Gasteiger partial charge in [0.1, 0.15) is 18.2 Å². The standard InChI is InChI=1S/C8H13N3O2/c1-4-13-8(12)6(2)11-5-9-7(3)10-11/h5-6H,4H2,1-3H3. The molecule has 13 heavy (non-hydrogen) atoms. The predicted molar refractivity (Wildman–Crippen MR) is 46.1 cm³/mol. The molecule has 1 heterocycles. The van der Waals surface area contributed by atoms with Crippen LogP contribution in [0.5, 0.6) is 0 Å². The second-order valence-electron chi connectivity index (χ2n) is 2.70. The van der Waals surface area contributed by atoms with Crippen LogP contribution in [0.25, 0.3) is 0 Å². The highest BCUT2D eigenvalue weighted by molar-refractivity contribution is 5.73. The SMILES string of the molecule is CCOC(=O)C(C)n1cnc(C)n1. The summed E-state index contributed by atoms with van der Waals surface area (Å²) in [6.45, 7) is 5.66. The summed E-state index contributed by atoms with van der Waals surface area (Å²) in [6.07, 6.45) is 1.52. The Labute approximate surface area is 76.7 Å². The van der Waals surface area contributed by atoms with Crippen molar-refractivity contribution in [3.8, 4) is 0 Å². The molecule has 0 aliphatic heterocycles. The maximum absolute atomic E-state index is 11.2. The summed E-state index contributed by atoms with van der Waals surface area (Å²) in [5.74, 6) is 0.364. The van der Waals surface area contributed by atoms with Gasteiger partial charge in [-0.15, -0.1) is 0 Å². The van der Waals surface area contributed by atoms with Gasteiger partial charge in [-0.1, -0.05) is 0 Å². The first kappa shape index (κ1) is 9.70. The van der Waals surface area contributed by atoms with E-state index in [1.165, 1.54) is 11.0 Å². The van der Waals surface area contributed by atoms with Crippen molar-refractivity contribution in [1.29, 1.82) is 0 Å². The first-order valence-corrected chi connectivity index (χ1v) is 4.19. The lowest BCUT2D eigenvalue weighted by Crippen LogP contribution is -2.19. The molecule has 5 heteroatoms. The molecule has 1 unspecified atom stereocenters. The maximum atomic E-state index is 11.2. The average Bonchev–Trinajstić information content (AvgIpc) is 2.51. The molecule has 1 aromatic heterocycles. The number of aryl methyl sites for hydroxylation is 1. The van der Waals surface area contributed by atoms with Crippen molar-refractivity contribution in [1.82, 2.24) is 14.8 Å². The third-order valence-corrected chi connectivity index (χ3v) is 1.65. The van der Waals surface area contributed by atoms with Gasteiger partial charge in [-0.3, -0.25) is 0 Å². The molecule has 0 radical (unpaired) electrons. The summed E-state index contributed by atoms with van der Waals surface area (Å²) in [5.41, 5.74) is 0. The minimum atomic E-state index is -0.402. The summed E-state index contributed by atoms with van der Waals surface area (Å²) in [4.78, 5) is 15.2. The number of aromatic nitrogens is 3. The molecule has 0 spiro atoms. The van der Waals surface area contributed by atoms with Crippen LogP contribution >= 0.6 is 0 Å². The first-order chi connectivity index (χ1) is 6.15. The van der Waals surface area contributed by atoms with E-state index in [4.69, 9.17) is 4.74 Å². The van der Waals surface area contributed by atoms with Crippen molar-refractivity contribution in [3.63, 3.8) is 0 Å². The third kappa shape index (κ3) is 2.27. The Morgan fingerprint density at radius 1 is 1.77 bits per heavy atom. The van der Waals surface area contributed by atoms with Gasteiger partial charge in [0, 0.05) is 0 Å². The normalized spacial score (nSPS) is 12.5. The van der Waals surface area contributed by atoms with Crippen LogP contribution in [0.2, 0.25) is 0 Å². The van der Waals surface area contributed by atoms with E-state index in [1.807, 2.05) is 0 Å². The Morgan fingerprint density at radius 2 is 2.46 bits per heavy atom. The lowest BCUT2D eigenvalue weighted by molar-refractivity contribution is -0.146. The van der Waals surface area contributed by atoms with E-state index in [0.717, 1.165) is 0 Å². The molecule has 0 saturated heterocycles. The topological polar surface area (TPSA) is 57.0 Å². The zero-order valence-corrected chi connectivity index (χ0v) is 8.02. The van der Waals surface area contributed by atoms with Crippen LogP contribution in [-0.2, 0) is 9.53 Å². The van der Waals surface area contributed by atoms with Crippen LogP contribution in [-0.4, -0.2) is 27.3 Å². The molecule has 1 rings (SSSR count). The van der Waals surface area contributed by atoms with E-state index < -0.39 is 6.04 Å². The fourth-order valence-corrected chi connectivity index (χ4v) is 0.919. The highest BCUT2D eigenvalue weighted by Crippen LogP contribution is 2.05. The van der Waals surface area contributed by atoms with Crippen molar-refractivity contribution in [2.75, 3.05) is 6.61 Å². The average molecular weight is 183 g/mol. The smallest absolute Gasteiger partial charge is 0.330 e. The predicted octanol–water partition coefficient (Wildman–Crippen LogP) is 0.711. The number of ether oxygens (including phenoxy) is 1. The summed E-state index contributed by atoms with van der Waals surface area (Å²) in [5, 5.41) is 4.02. The Morgan fingerprint density at radius 3 is 2.92 bits per heavy atom. The van der Waals surface area contributed by atoms with E-state index in [-0.39, 0.29) is 5.97 Å². The van der Waals surface area contributed by atoms with E-state index in [2.05, 4.69) is 10.1 Å². The number of nitrogens with zero attached hydrogens (tertiary/aromatic N) is 3. The van der Waals surface area contributed by atoms with Crippen molar-refractivity contribution in [3.05, 3.63) is 12.2 Å². The summed E-state index contributed by atoms with van der Waals surface area (Å²) >= 11 is 0. The number of esters is 1. The second-order valence-corrected chi connectivity index (χ2v) is 2.70. The Balaban J connectivity index is 2.67. The van der Waals surface area contributed by atoms with Gasteiger partial charge in [0.2, 0.25) is 0 Å². The number of hydrogen-bond acceptors (Lipinski definition) is 4. The van der Waals surface area contributed by atoms with Crippen LogP contribution in [0.1, 0.15) is 25.7 Å². The third-order valence-electron chi connectivity index (χ3n) is 1.65. The van der Waals surface area contributed by atoms with E-state index in [0.29, 0.717) is 12.4 Å². The molecule has 0 saturated carbocycles. The fraction of sp³-hybridized carbons (Fsp3) is 0.625. The molecule has 72 valence electrons. The number of rotatable bonds is 3. The van der Waals surface area contributed by atoms with Crippen molar-refractivity contribution in [2.24, 2.45) is 0 Å². The molecule has 0 amide bonds. The zero-order chi connectivity index (χ0) is 9.84. The number of hydrogen-bond donors (Lipinski definition) is 0. The number of carbonyl (C=O) groups excluding carboxylic acids is 1. The van der Waals surface area contributed by atoms with E-state index in [9.17, 15) is 4.79 Å². The molecule has 0 aliphatic carbocycles. The largest absolute Gasteiger partial charge is 0.464 e. The Kier molecular flexibility index (Phi) is 3.00. The monoisotopic (exact) mass is 183 g/mol. The van der Waals surface area contributed by atoms with Gasteiger partial charge in [0.15, 0.2) is 0 Å². The van der Waals surface area contributed by atoms with Crippen LogP contribution < -0.4 is 0 Å². The molecular formula is C8H13N3O2. The molecule has 0 aliphatic rings. The zero-order valence-electron chi connectivity index (χ0n) is 8.02. The fourth-order valence-electron chi connectivity index (χ4n) is 0.919. The van der Waals surface area contributed by atoms with Crippen LogP contribution in [0.15, 0.2) is 6.33 Å². The van der Waals surface area contributed by atoms with Crippen molar-refractivity contribution < 1.29 is 9.53 Å². The molecule has 0 fully saturated rings. The first-order valence-electron chi connectivity index (χ1n) is 4.19.